The number of guanidine groups is 1. The molecule has 6 nitrogen and oxygen atoms in total. The maximum Gasteiger partial charge on any atom is 0.193 e. The highest BCUT2D eigenvalue weighted by Crippen LogP contribution is 2.24. The summed E-state index contributed by atoms with van der Waals surface area (Å²) >= 11 is 6.10. The molecule has 2 aliphatic heterocycles. The standard InChI is InChI=1S/C22H34ClN3O3/c1-3-27-21-14-18(23)8-7-17(21)15-25-22(24-2)26-11-9-19(10-12-26)29-16-20-6-4-5-13-28-20/h7-8,14,19-20H,3-6,9-13,15-16H2,1-2H3,(H,24,25). The van der Waals surface area contributed by atoms with Crippen LogP contribution in [0, 0.1) is 0 Å². The quantitative estimate of drug-likeness (QED) is 0.533. The van der Waals surface area contributed by atoms with Crippen LogP contribution in [0.4, 0.5) is 0 Å². The second-order valence-electron chi connectivity index (χ2n) is 7.59. The number of piperidine rings is 1. The van der Waals surface area contributed by atoms with Crippen molar-refractivity contribution in [3.63, 3.8) is 0 Å². The van der Waals surface area contributed by atoms with E-state index >= 15 is 0 Å². The van der Waals surface area contributed by atoms with Crippen LogP contribution in [0.25, 0.3) is 0 Å². The second kappa shape index (κ2) is 11.6. The maximum atomic E-state index is 6.13. The van der Waals surface area contributed by atoms with Crippen LogP contribution in [0.15, 0.2) is 23.2 Å². The van der Waals surface area contributed by atoms with Crippen LogP contribution in [-0.2, 0) is 16.0 Å². The minimum absolute atomic E-state index is 0.287. The van der Waals surface area contributed by atoms with E-state index in [1.54, 1.807) is 0 Å². The van der Waals surface area contributed by atoms with E-state index < -0.39 is 0 Å². The molecule has 2 heterocycles. The van der Waals surface area contributed by atoms with E-state index in [-0.39, 0.29) is 6.10 Å². The van der Waals surface area contributed by atoms with Gasteiger partial charge in [-0.2, -0.15) is 0 Å². The fourth-order valence-electron chi connectivity index (χ4n) is 3.89. The molecule has 0 saturated carbocycles. The van der Waals surface area contributed by atoms with Crippen molar-refractivity contribution in [3.8, 4) is 5.75 Å². The van der Waals surface area contributed by atoms with Gasteiger partial charge < -0.3 is 24.4 Å². The lowest BCUT2D eigenvalue weighted by atomic mass is 10.1. The van der Waals surface area contributed by atoms with Gasteiger partial charge in [-0.25, -0.2) is 0 Å². The van der Waals surface area contributed by atoms with Crippen LogP contribution in [0.1, 0.15) is 44.6 Å². The minimum atomic E-state index is 0.287. The lowest BCUT2D eigenvalue weighted by molar-refractivity contribution is -0.0721. The van der Waals surface area contributed by atoms with Gasteiger partial charge in [-0.15, -0.1) is 0 Å². The number of nitrogens with one attached hydrogen (secondary N) is 1. The molecule has 162 valence electrons. The molecule has 0 radical (unpaired) electrons. The van der Waals surface area contributed by atoms with Gasteiger partial charge in [-0.05, 0) is 51.2 Å². The Kier molecular flexibility index (Phi) is 8.90. The van der Waals surface area contributed by atoms with Crippen LogP contribution in [0.3, 0.4) is 0 Å². The number of hydrogen-bond acceptors (Lipinski definition) is 4. The molecule has 29 heavy (non-hydrogen) atoms. The molecule has 2 saturated heterocycles. The van der Waals surface area contributed by atoms with Crippen molar-refractivity contribution in [2.24, 2.45) is 4.99 Å². The van der Waals surface area contributed by atoms with Gasteiger partial charge in [0.05, 0.1) is 25.4 Å². The smallest absolute Gasteiger partial charge is 0.193 e. The maximum absolute atomic E-state index is 6.13. The predicted molar refractivity (Wildman–Crippen MR) is 117 cm³/mol. The zero-order valence-electron chi connectivity index (χ0n) is 17.7. The topological polar surface area (TPSA) is 55.3 Å². The van der Waals surface area contributed by atoms with E-state index in [2.05, 4.69) is 15.2 Å². The molecule has 3 rings (SSSR count). The summed E-state index contributed by atoms with van der Waals surface area (Å²) in [5.74, 6) is 1.73. The molecular weight excluding hydrogens is 390 g/mol. The summed E-state index contributed by atoms with van der Waals surface area (Å²) in [5.41, 5.74) is 1.07. The van der Waals surface area contributed by atoms with E-state index in [9.17, 15) is 0 Å². The Morgan fingerprint density at radius 3 is 2.79 bits per heavy atom. The van der Waals surface area contributed by atoms with E-state index in [0.29, 0.717) is 24.3 Å². The molecule has 1 unspecified atom stereocenters. The summed E-state index contributed by atoms with van der Waals surface area (Å²) in [4.78, 5) is 6.77. The zero-order chi connectivity index (χ0) is 20.5. The van der Waals surface area contributed by atoms with Crippen LogP contribution >= 0.6 is 11.6 Å². The Labute approximate surface area is 179 Å². The monoisotopic (exact) mass is 423 g/mol. The van der Waals surface area contributed by atoms with Gasteiger partial charge in [0.1, 0.15) is 5.75 Å². The van der Waals surface area contributed by atoms with Crippen LogP contribution in [-0.4, -0.2) is 63.0 Å². The summed E-state index contributed by atoms with van der Waals surface area (Å²) in [6.45, 7) is 6.73. The number of likely N-dealkylation sites (tertiary alicyclic amines) is 1. The highest BCUT2D eigenvalue weighted by atomic mass is 35.5. The molecule has 7 heteroatoms. The lowest BCUT2D eigenvalue weighted by Crippen LogP contribution is -2.47. The average Bonchev–Trinajstić information content (AvgIpc) is 2.76. The van der Waals surface area contributed by atoms with Crippen molar-refractivity contribution in [1.29, 1.82) is 0 Å². The van der Waals surface area contributed by atoms with E-state index in [0.717, 1.165) is 62.8 Å². The number of halogens is 1. The number of aliphatic imine (C=N–C) groups is 1. The molecule has 2 aliphatic rings. The first-order valence-electron chi connectivity index (χ1n) is 10.8. The molecular formula is C22H34ClN3O3. The Morgan fingerprint density at radius 2 is 2.10 bits per heavy atom. The number of benzene rings is 1. The summed E-state index contributed by atoms with van der Waals surface area (Å²) in [7, 11) is 1.83. The van der Waals surface area contributed by atoms with Gasteiger partial charge in [0.25, 0.3) is 0 Å². The Hall–Kier alpha value is -1.50. The van der Waals surface area contributed by atoms with Crippen LogP contribution in [0.5, 0.6) is 5.75 Å². The molecule has 2 fully saturated rings. The Morgan fingerprint density at radius 1 is 1.28 bits per heavy atom. The second-order valence-corrected chi connectivity index (χ2v) is 8.03. The first kappa shape index (κ1) is 22.2. The fraction of sp³-hybridized carbons (Fsp3) is 0.682. The number of nitrogens with zero attached hydrogens (tertiary/aromatic N) is 2. The van der Waals surface area contributed by atoms with Crippen LogP contribution in [0.2, 0.25) is 5.02 Å². The predicted octanol–water partition coefficient (Wildman–Crippen LogP) is 3.86. The van der Waals surface area contributed by atoms with E-state index in [4.69, 9.17) is 25.8 Å². The number of hydrogen-bond donors (Lipinski definition) is 1. The summed E-state index contributed by atoms with van der Waals surface area (Å²) in [6, 6.07) is 5.76. The molecule has 1 aromatic rings. The fourth-order valence-corrected chi connectivity index (χ4v) is 4.05. The van der Waals surface area contributed by atoms with Gasteiger partial charge >= 0.3 is 0 Å². The van der Waals surface area contributed by atoms with Crippen LogP contribution < -0.4 is 10.1 Å². The van der Waals surface area contributed by atoms with Crippen molar-refractivity contribution >= 4 is 17.6 Å². The third-order valence-electron chi connectivity index (χ3n) is 5.51. The molecule has 1 N–H and O–H groups in total. The zero-order valence-corrected chi connectivity index (χ0v) is 18.4. The molecule has 0 aliphatic carbocycles. The molecule has 1 aromatic carbocycles. The summed E-state index contributed by atoms with van der Waals surface area (Å²) in [5, 5.41) is 4.15. The Balaban J connectivity index is 1.44. The third-order valence-corrected chi connectivity index (χ3v) is 5.75. The highest BCUT2D eigenvalue weighted by Gasteiger charge is 2.24. The normalized spacial score (nSPS) is 21.3. The molecule has 0 aromatic heterocycles. The van der Waals surface area contributed by atoms with Gasteiger partial charge in [-0.3, -0.25) is 4.99 Å². The molecule has 1 atom stereocenters. The van der Waals surface area contributed by atoms with Gasteiger partial charge in [-0.1, -0.05) is 17.7 Å². The number of rotatable bonds is 7. The van der Waals surface area contributed by atoms with Gasteiger partial charge in [0.2, 0.25) is 0 Å². The van der Waals surface area contributed by atoms with Gasteiger partial charge in [0.15, 0.2) is 5.96 Å². The first-order valence-corrected chi connectivity index (χ1v) is 11.2. The summed E-state index contributed by atoms with van der Waals surface area (Å²) < 4.78 is 17.6. The first-order chi connectivity index (χ1) is 14.2. The highest BCUT2D eigenvalue weighted by molar-refractivity contribution is 6.30. The number of ether oxygens (including phenoxy) is 3. The largest absolute Gasteiger partial charge is 0.493 e. The molecule has 0 bridgehead atoms. The van der Waals surface area contributed by atoms with Crippen molar-refractivity contribution < 1.29 is 14.2 Å². The average molecular weight is 424 g/mol. The SMILES string of the molecule is CCOc1cc(Cl)ccc1CNC(=NC)N1CCC(OCC2CCCCO2)CC1. The lowest BCUT2D eigenvalue weighted by Gasteiger charge is -2.35. The van der Waals surface area contributed by atoms with E-state index in [1.165, 1.54) is 12.8 Å². The molecule has 0 amide bonds. The summed E-state index contributed by atoms with van der Waals surface area (Å²) in [6.07, 6.45) is 6.20. The van der Waals surface area contributed by atoms with Crippen molar-refractivity contribution in [2.75, 3.05) is 40.0 Å². The van der Waals surface area contributed by atoms with Crippen molar-refractivity contribution in [3.05, 3.63) is 28.8 Å². The third kappa shape index (κ3) is 6.76. The molecule has 0 spiro atoms. The Bertz CT molecular complexity index is 657. The van der Waals surface area contributed by atoms with Gasteiger partial charge in [0, 0.05) is 43.9 Å². The minimum Gasteiger partial charge on any atom is -0.493 e. The van der Waals surface area contributed by atoms with Crippen molar-refractivity contribution in [2.45, 2.75) is 57.8 Å². The van der Waals surface area contributed by atoms with Crippen molar-refractivity contribution in [1.82, 2.24) is 10.2 Å². The van der Waals surface area contributed by atoms with E-state index in [1.807, 2.05) is 32.2 Å².